The summed E-state index contributed by atoms with van der Waals surface area (Å²) in [5.74, 6) is -0.638. The number of carbonyl (C=O) groups excluding carboxylic acids is 2. The number of carbonyl (C=O) groups is 3. The second-order valence-electron chi connectivity index (χ2n) is 9.26. The van der Waals surface area contributed by atoms with Crippen LogP contribution in [0, 0.1) is 28.6 Å². The molecule has 1 N–H and O–H groups in total. The molecule has 1 fully saturated rings. The third-order valence-corrected chi connectivity index (χ3v) is 7.10. The number of hydrogen-bond acceptors (Lipinski definition) is 4. The van der Waals surface area contributed by atoms with Crippen LogP contribution in [0.1, 0.15) is 73.1 Å². The molecule has 0 aromatic carbocycles. The largest absolute Gasteiger partial charge is 0.481 e. The lowest BCUT2D eigenvalue weighted by Gasteiger charge is -2.53. The first kappa shape index (κ1) is 21.6. The van der Waals surface area contributed by atoms with E-state index < -0.39 is 5.97 Å². The summed E-state index contributed by atoms with van der Waals surface area (Å²) >= 11 is 0. The van der Waals surface area contributed by atoms with Gasteiger partial charge in [-0.3, -0.25) is 14.4 Å². The summed E-state index contributed by atoms with van der Waals surface area (Å²) in [6.07, 6.45) is 6.60. The Labute approximate surface area is 162 Å². The minimum atomic E-state index is -0.771. The van der Waals surface area contributed by atoms with Gasteiger partial charge in [-0.1, -0.05) is 39.7 Å². The fourth-order valence-corrected chi connectivity index (χ4v) is 5.05. The van der Waals surface area contributed by atoms with Crippen molar-refractivity contribution in [1.29, 1.82) is 0 Å². The Balaban J connectivity index is 2.27. The summed E-state index contributed by atoms with van der Waals surface area (Å²) in [4.78, 5) is 35.2. The zero-order valence-electron chi connectivity index (χ0n) is 17.3. The summed E-state index contributed by atoms with van der Waals surface area (Å²) in [5, 5.41) is 9.03. The maximum absolute atomic E-state index is 12.8. The first-order chi connectivity index (χ1) is 12.5. The summed E-state index contributed by atoms with van der Waals surface area (Å²) in [5.41, 5.74) is 0.649. The third-order valence-electron chi connectivity index (χ3n) is 7.10. The standard InChI is InChI=1S/C22H34O5/c1-14(11-20(25)26)8-10-22(5)15(2)19(24)12-18-17(22)7-6-9-21(18,4)13-27-16(3)23/h12,14-15,17H,6-11,13H2,1-5H3,(H,25,26). The molecule has 5 nitrogen and oxygen atoms in total. The van der Waals surface area contributed by atoms with E-state index in [1.165, 1.54) is 6.92 Å². The van der Waals surface area contributed by atoms with Crippen molar-refractivity contribution in [1.82, 2.24) is 0 Å². The van der Waals surface area contributed by atoms with Crippen molar-refractivity contribution in [2.24, 2.45) is 28.6 Å². The van der Waals surface area contributed by atoms with Crippen LogP contribution in [0.15, 0.2) is 11.6 Å². The van der Waals surface area contributed by atoms with Crippen LogP contribution in [0.4, 0.5) is 0 Å². The molecule has 5 heteroatoms. The second-order valence-corrected chi connectivity index (χ2v) is 9.26. The number of fused-ring (bicyclic) bond motifs is 1. The van der Waals surface area contributed by atoms with E-state index in [9.17, 15) is 14.4 Å². The van der Waals surface area contributed by atoms with E-state index in [0.717, 1.165) is 37.7 Å². The molecule has 2 rings (SSSR count). The topological polar surface area (TPSA) is 80.7 Å². The predicted octanol–water partition coefficient (Wildman–Crippen LogP) is 4.40. The lowest BCUT2D eigenvalue weighted by Crippen LogP contribution is -2.48. The molecule has 0 amide bonds. The summed E-state index contributed by atoms with van der Waals surface area (Å²) < 4.78 is 5.35. The lowest BCUT2D eigenvalue weighted by atomic mass is 9.51. The van der Waals surface area contributed by atoms with Crippen LogP contribution in [0.5, 0.6) is 0 Å². The van der Waals surface area contributed by atoms with Gasteiger partial charge in [0.2, 0.25) is 0 Å². The van der Waals surface area contributed by atoms with E-state index in [1.54, 1.807) is 0 Å². The second kappa shape index (κ2) is 8.15. The molecular weight excluding hydrogens is 344 g/mol. The van der Waals surface area contributed by atoms with Gasteiger partial charge in [0.25, 0.3) is 0 Å². The molecule has 2 aliphatic carbocycles. The number of ether oxygens (including phenoxy) is 1. The van der Waals surface area contributed by atoms with E-state index >= 15 is 0 Å². The molecule has 0 aliphatic heterocycles. The van der Waals surface area contributed by atoms with Crippen LogP contribution >= 0.6 is 0 Å². The average Bonchev–Trinajstić information content (AvgIpc) is 2.57. The van der Waals surface area contributed by atoms with Crippen LogP contribution in [-0.4, -0.2) is 29.4 Å². The Bertz CT molecular complexity index is 637. The van der Waals surface area contributed by atoms with Gasteiger partial charge in [0.1, 0.15) is 6.61 Å². The number of esters is 1. The number of rotatable bonds is 7. The summed E-state index contributed by atoms with van der Waals surface area (Å²) in [6.45, 7) is 10.0. The summed E-state index contributed by atoms with van der Waals surface area (Å²) in [7, 11) is 0. The number of hydrogen-bond donors (Lipinski definition) is 1. The van der Waals surface area contributed by atoms with Crippen LogP contribution in [0.3, 0.4) is 0 Å². The predicted molar refractivity (Wildman–Crippen MR) is 103 cm³/mol. The van der Waals surface area contributed by atoms with E-state index in [2.05, 4.69) is 13.8 Å². The van der Waals surface area contributed by atoms with Crippen LogP contribution < -0.4 is 0 Å². The molecule has 27 heavy (non-hydrogen) atoms. The number of carboxylic acids is 1. The molecule has 0 bridgehead atoms. The van der Waals surface area contributed by atoms with Crippen molar-refractivity contribution in [3.05, 3.63) is 11.6 Å². The van der Waals surface area contributed by atoms with Crippen LogP contribution in [-0.2, 0) is 19.1 Å². The first-order valence-corrected chi connectivity index (χ1v) is 10.1. The van der Waals surface area contributed by atoms with E-state index in [1.807, 2.05) is 19.9 Å². The van der Waals surface area contributed by atoms with Gasteiger partial charge >= 0.3 is 11.9 Å². The number of allylic oxidation sites excluding steroid dienone is 1. The SMILES string of the molecule is CC(=O)OCC1(C)CCCC2C1=CC(=O)C(C)C2(C)CCC(C)CC(=O)O. The van der Waals surface area contributed by atoms with Crippen molar-refractivity contribution in [2.45, 2.75) is 73.1 Å². The van der Waals surface area contributed by atoms with E-state index in [-0.39, 0.29) is 46.8 Å². The highest BCUT2D eigenvalue weighted by Gasteiger charge is 2.52. The molecule has 0 aromatic rings. The molecule has 1 saturated carbocycles. The fraction of sp³-hybridized carbons (Fsp3) is 0.773. The van der Waals surface area contributed by atoms with Crippen molar-refractivity contribution in [3.63, 3.8) is 0 Å². The number of aliphatic carboxylic acids is 1. The van der Waals surface area contributed by atoms with Gasteiger partial charge in [0.05, 0.1) is 0 Å². The summed E-state index contributed by atoms with van der Waals surface area (Å²) in [6, 6.07) is 0. The van der Waals surface area contributed by atoms with Crippen molar-refractivity contribution in [2.75, 3.05) is 6.61 Å². The van der Waals surface area contributed by atoms with Gasteiger partial charge in [-0.15, -0.1) is 0 Å². The third kappa shape index (κ3) is 4.61. The minimum absolute atomic E-state index is 0.0839. The molecule has 152 valence electrons. The van der Waals surface area contributed by atoms with Gasteiger partial charge in [-0.2, -0.15) is 0 Å². The Morgan fingerprint density at radius 2 is 2.04 bits per heavy atom. The van der Waals surface area contributed by atoms with E-state index in [0.29, 0.717) is 6.61 Å². The zero-order valence-corrected chi connectivity index (χ0v) is 17.3. The van der Waals surface area contributed by atoms with Crippen LogP contribution in [0.2, 0.25) is 0 Å². The molecule has 5 unspecified atom stereocenters. The maximum Gasteiger partial charge on any atom is 0.303 e. The normalized spacial score (nSPS) is 34.4. The highest BCUT2D eigenvalue weighted by molar-refractivity contribution is 5.94. The Hall–Kier alpha value is -1.65. The minimum Gasteiger partial charge on any atom is -0.481 e. The average molecular weight is 379 g/mol. The molecule has 0 radical (unpaired) electrons. The highest BCUT2D eigenvalue weighted by atomic mass is 16.5. The zero-order chi connectivity index (χ0) is 20.4. The Morgan fingerprint density at radius 3 is 2.63 bits per heavy atom. The fourth-order valence-electron chi connectivity index (χ4n) is 5.05. The van der Waals surface area contributed by atoms with Crippen molar-refractivity contribution < 1.29 is 24.2 Å². The van der Waals surface area contributed by atoms with E-state index in [4.69, 9.17) is 9.84 Å². The maximum atomic E-state index is 12.8. The molecule has 0 heterocycles. The van der Waals surface area contributed by atoms with Gasteiger partial charge in [0.15, 0.2) is 5.78 Å². The molecule has 0 spiro atoms. The Kier molecular flexibility index (Phi) is 6.54. The number of carboxylic acid groups (broad SMARTS) is 1. The quantitative estimate of drug-likeness (QED) is 0.664. The molecule has 5 atom stereocenters. The molecular formula is C22H34O5. The van der Waals surface area contributed by atoms with Gasteiger partial charge in [-0.05, 0) is 49.0 Å². The van der Waals surface area contributed by atoms with Gasteiger partial charge in [0, 0.05) is 24.7 Å². The Morgan fingerprint density at radius 1 is 1.37 bits per heavy atom. The smallest absolute Gasteiger partial charge is 0.303 e. The molecule has 2 aliphatic rings. The highest BCUT2D eigenvalue weighted by Crippen LogP contribution is 2.57. The monoisotopic (exact) mass is 378 g/mol. The molecule has 0 saturated heterocycles. The molecule has 0 aromatic heterocycles. The van der Waals surface area contributed by atoms with Crippen LogP contribution in [0.25, 0.3) is 0 Å². The first-order valence-electron chi connectivity index (χ1n) is 10.1. The van der Waals surface area contributed by atoms with Crippen molar-refractivity contribution in [3.8, 4) is 0 Å². The van der Waals surface area contributed by atoms with Gasteiger partial charge in [-0.25, -0.2) is 0 Å². The van der Waals surface area contributed by atoms with Gasteiger partial charge < -0.3 is 9.84 Å². The lowest BCUT2D eigenvalue weighted by molar-refractivity contribution is -0.144. The van der Waals surface area contributed by atoms with Crippen molar-refractivity contribution >= 4 is 17.7 Å². The number of ketones is 1.